The Hall–Kier alpha value is -3.94. The van der Waals surface area contributed by atoms with Crippen LogP contribution < -0.4 is 14.8 Å². The largest absolute Gasteiger partial charge is 0.492 e. The molecule has 8 heteroatoms. The number of hydrogen-bond donors (Lipinski definition) is 0. The van der Waals surface area contributed by atoms with Crippen LogP contribution in [0.1, 0.15) is 25.3 Å². The highest BCUT2D eigenvalue weighted by atomic mass is 35.5. The highest BCUT2D eigenvalue weighted by Gasteiger charge is 2.15. The van der Waals surface area contributed by atoms with E-state index in [1.165, 1.54) is 11.3 Å². The number of aromatic nitrogens is 4. The summed E-state index contributed by atoms with van der Waals surface area (Å²) in [5, 5.41) is 5.41. The number of unbranched alkanes of at least 4 members (excludes halogenated alkanes) is 1. The molecule has 0 bridgehead atoms. The Morgan fingerprint density at radius 1 is 1.05 bits per heavy atom. The molecule has 3 aromatic heterocycles. The number of halogens is 1. The second-order valence-electron chi connectivity index (χ2n) is 8.69. The lowest BCUT2D eigenvalue weighted by molar-refractivity contribution is 0.309. The number of nitrogens with zero attached hydrogens (tertiary/aromatic N) is 4. The highest BCUT2D eigenvalue weighted by molar-refractivity contribution is 7.15. The average Bonchev–Trinajstić information content (AvgIpc) is 3.59. The minimum absolute atomic E-state index is 0.0928. The number of benzene rings is 3. The molecule has 6 aromatic rings. The van der Waals surface area contributed by atoms with Gasteiger partial charge in [-0.25, -0.2) is 14.1 Å². The van der Waals surface area contributed by atoms with Crippen LogP contribution >= 0.6 is 22.9 Å². The molecule has 6 nitrogen and oxygen atoms in total. The van der Waals surface area contributed by atoms with Crippen LogP contribution in [0.5, 0.6) is 5.75 Å². The van der Waals surface area contributed by atoms with Gasteiger partial charge in [0.2, 0.25) is 0 Å². The van der Waals surface area contributed by atoms with Crippen molar-refractivity contribution in [2.45, 2.75) is 19.8 Å². The number of rotatable bonds is 7. The fourth-order valence-electron chi connectivity index (χ4n) is 4.28. The Kier molecular flexibility index (Phi) is 6.24. The van der Waals surface area contributed by atoms with Crippen LogP contribution in [0.2, 0.25) is 5.02 Å². The van der Waals surface area contributed by atoms with Crippen LogP contribution in [0.4, 0.5) is 0 Å². The van der Waals surface area contributed by atoms with Gasteiger partial charge in [0, 0.05) is 17.3 Å². The second-order valence-corrected chi connectivity index (χ2v) is 10.1. The molecular weight excluding hydrogens is 504 g/mol. The Labute approximate surface area is 222 Å². The van der Waals surface area contributed by atoms with Gasteiger partial charge in [-0.2, -0.15) is 5.10 Å². The topological polar surface area (TPSA) is 61.4 Å². The van der Waals surface area contributed by atoms with Gasteiger partial charge in [-0.05, 0) is 55.0 Å². The minimum Gasteiger partial charge on any atom is -0.492 e. The van der Waals surface area contributed by atoms with Gasteiger partial charge in [0.15, 0.2) is 4.96 Å². The zero-order valence-electron chi connectivity index (χ0n) is 20.1. The van der Waals surface area contributed by atoms with Crippen molar-refractivity contribution in [2.75, 3.05) is 6.61 Å². The highest BCUT2D eigenvalue weighted by Crippen LogP contribution is 2.32. The van der Waals surface area contributed by atoms with Crippen LogP contribution in [-0.4, -0.2) is 25.8 Å². The van der Waals surface area contributed by atoms with Crippen LogP contribution in [0.25, 0.3) is 39.0 Å². The van der Waals surface area contributed by atoms with Gasteiger partial charge in [0.1, 0.15) is 11.4 Å². The van der Waals surface area contributed by atoms with E-state index < -0.39 is 0 Å². The smallest absolute Gasteiger partial charge is 0.274 e. The molecule has 0 aliphatic carbocycles. The molecule has 0 radical (unpaired) electrons. The van der Waals surface area contributed by atoms with Crippen LogP contribution in [0.15, 0.2) is 83.8 Å². The Bertz CT molecular complexity index is 1840. The number of ether oxygens (including phenoxy) is 1. The summed E-state index contributed by atoms with van der Waals surface area (Å²) in [5.74, 6) is 0.653. The molecule has 0 amide bonds. The van der Waals surface area contributed by atoms with E-state index in [0.717, 1.165) is 46.4 Å². The molecule has 0 aliphatic heterocycles. The molecular formula is C29H23ClN4O2S. The summed E-state index contributed by atoms with van der Waals surface area (Å²) in [6, 6.07) is 23.2. The van der Waals surface area contributed by atoms with Crippen LogP contribution in [-0.2, 0) is 0 Å². The zero-order chi connectivity index (χ0) is 25.4. The first-order chi connectivity index (χ1) is 18.1. The fourth-order valence-corrected chi connectivity index (χ4v) is 5.49. The zero-order valence-corrected chi connectivity index (χ0v) is 21.7. The van der Waals surface area contributed by atoms with E-state index in [4.69, 9.17) is 21.4 Å². The summed E-state index contributed by atoms with van der Waals surface area (Å²) >= 11 is 7.96. The monoisotopic (exact) mass is 526 g/mol. The Morgan fingerprint density at radius 3 is 2.68 bits per heavy atom. The van der Waals surface area contributed by atoms with Crippen molar-refractivity contribution in [3.63, 3.8) is 0 Å². The molecule has 0 N–H and O–H groups in total. The molecule has 0 unspecified atom stereocenters. The average molecular weight is 527 g/mol. The molecule has 6 rings (SSSR count). The van der Waals surface area contributed by atoms with Gasteiger partial charge in [-0.3, -0.25) is 4.79 Å². The van der Waals surface area contributed by atoms with E-state index in [1.807, 2.05) is 89.8 Å². The molecule has 0 aliphatic rings. The number of fused-ring (bicyclic) bond motifs is 3. The lowest BCUT2D eigenvalue weighted by Crippen LogP contribution is -2.22. The lowest BCUT2D eigenvalue weighted by atomic mass is 10.1. The van der Waals surface area contributed by atoms with Crippen molar-refractivity contribution in [2.24, 2.45) is 0 Å². The molecule has 0 saturated carbocycles. The number of hydrogen-bond acceptors (Lipinski definition) is 5. The predicted octanol–water partition coefficient (Wildman–Crippen LogP) is 6.14. The molecule has 184 valence electrons. The van der Waals surface area contributed by atoms with E-state index in [-0.39, 0.29) is 5.56 Å². The summed E-state index contributed by atoms with van der Waals surface area (Å²) in [5.41, 5.74) is 4.82. The van der Waals surface area contributed by atoms with E-state index in [0.29, 0.717) is 26.9 Å². The van der Waals surface area contributed by atoms with E-state index in [9.17, 15) is 4.79 Å². The number of para-hydroxylation sites is 3. The molecule has 3 heterocycles. The third kappa shape index (κ3) is 4.41. The van der Waals surface area contributed by atoms with Crippen molar-refractivity contribution in [1.82, 2.24) is 19.2 Å². The van der Waals surface area contributed by atoms with Crippen molar-refractivity contribution >= 4 is 45.0 Å². The second kappa shape index (κ2) is 9.84. The molecule has 0 fully saturated rings. The third-order valence-electron chi connectivity index (χ3n) is 6.16. The minimum atomic E-state index is -0.0928. The molecule has 0 saturated heterocycles. The van der Waals surface area contributed by atoms with Crippen molar-refractivity contribution in [3.05, 3.63) is 104 Å². The fraction of sp³-hybridized carbons (Fsp3) is 0.138. The number of imidazole rings is 1. The normalized spacial score (nSPS) is 12.1. The van der Waals surface area contributed by atoms with Gasteiger partial charge >= 0.3 is 0 Å². The maximum atomic E-state index is 13.4. The van der Waals surface area contributed by atoms with Crippen LogP contribution in [0, 0.1) is 0 Å². The van der Waals surface area contributed by atoms with Gasteiger partial charge in [0.25, 0.3) is 5.56 Å². The van der Waals surface area contributed by atoms with Gasteiger partial charge in [-0.15, -0.1) is 0 Å². The molecule has 0 spiro atoms. The predicted molar refractivity (Wildman–Crippen MR) is 150 cm³/mol. The Balaban J connectivity index is 1.49. The van der Waals surface area contributed by atoms with Gasteiger partial charge in [0.05, 0.1) is 32.9 Å². The first kappa shape index (κ1) is 23.5. The third-order valence-corrected chi connectivity index (χ3v) is 7.42. The maximum Gasteiger partial charge on any atom is 0.274 e. The van der Waals surface area contributed by atoms with E-state index >= 15 is 0 Å². The summed E-state index contributed by atoms with van der Waals surface area (Å²) in [4.78, 5) is 18.7. The van der Waals surface area contributed by atoms with Gasteiger partial charge in [-0.1, -0.05) is 66.6 Å². The SMILES string of the molecule is CCCCOc1ccc(-c2nn(-c3ccccc3)cc2/C=c2\sc3nc4ccccc4n3c2=O)cc1Cl. The van der Waals surface area contributed by atoms with Crippen LogP contribution in [0.3, 0.4) is 0 Å². The summed E-state index contributed by atoms with van der Waals surface area (Å²) in [7, 11) is 0. The van der Waals surface area contributed by atoms with Crippen molar-refractivity contribution in [3.8, 4) is 22.7 Å². The van der Waals surface area contributed by atoms with Gasteiger partial charge < -0.3 is 4.74 Å². The lowest BCUT2D eigenvalue weighted by Gasteiger charge is -2.09. The van der Waals surface area contributed by atoms with Crippen molar-refractivity contribution < 1.29 is 4.74 Å². The van der Waals surface area contributed by atoms with E-state index in [2.05, 4.69) is 11.9 Å². The first-order valence-electron chi connectivity index (χ1n) is 12.1. The molecule has 37 heavy (non-hydrogen) atoms. The standard InChI is InChI=1S/C29H23ClN4O2S/c1-2-3-15-36-25-14-13-19(16-22(25)30)27-20(18-33(32-27)21-9-5-4-6-10-21)17-26-28(35)34-24-12-8-7-11-23(24)31-29(34)37-26/h4-14,16-18H,2-3,15H2,1H3/b26-17-. The molecule has 0 atom stereocenters. The van der Waals surface area contributed by atoms with Crippen molar-refractivity contribution in [1.29, 1.82) is 0 Å². The summed E-state index contributed by atoms with van der Waals surface area (Å²) in [6.07, 6.45) is 5.84. The summed E-state index contributed by atoms with van der Waals surface area (Å²) in [6.45, 7) is 2.74. The molecule has 3 aromatic carbocycles. The Morgan fingerprint density at radius 2 is 1.86 bits per heavy atom. The number of thiazole rings is 1. The van der Waals surface area contributed by atoms with E-state index in [1.54, 1.807) is 4.40 Å². The first-order valence-corrected chi connectivity index (χ1v) is 13.3. The maximum absolute atomic E-state index is 13.4. The summed E-state index contributed by atoms with van der Waals surface area (Å²) < 4.78 is 9.91. The quantitative estimate of drug-likeness (QED) is 0.234.